The van der Waals surface area contributed by atoms with Crippen LogP contribution in [0.5, 0.6) is 0 Å². The zero-order valence-electron chi connectivity index (χ0n) is 14.9. The van der Waals surface area contributed by atoms with Crippen molar-refractivity contribution >= 4 is 17.6 Å². The monoisotopic (exact) mass is 389 g/mol. The molecule has 2 N–H and O–H groups in total. The Morgan fingerprint density at radius 1 is 1.39 bits per heavy atom. The first-order chi connectivity index (χ1) is 13.4. The van der Waals surface area contributed by atoms with Crippen molar-refractivity contribution in [2.24, 2.45) is 5.92 Å². The lowest BCUT2D eigenvalue weighted by atomic mass is 9.95. The predicted octanol–water partition coefficient (Wildman–Crippen LogP) is 3.59. The molecule has 146 valence electrons. The SMILES string of the molecule is N#CCC1CCCN(c2cc(-c3cnc(/C=C\C(=N)C(F)(F)F)[nH]3)ncn2)C1. The average molecular weight is 389 g/mol. The molecule has 1 saturated heterocycles. The first-order valence-electron chi connectivity index (χ1n) is 8.70. The molecule has 2 aromatic heterocycles. The standard InChI is InChI=1S/C18H18F3N7/c19-18(20,21)15(23)3-4-16-24-9-14(27-16)13-8-17(26-11-25-13)28-7-1-2-12(10-28)5-6-22/h3-4,8-9,11-12,23H,1-2,5,7,10H2,(H,24,27)/b4-3-,23-15?. The second-order valence-corrected chi connectivity index (χ2v) is 6.50. The Hall–Kier alpha value is -3.22. The summed E-state index contributed by atoms with van der Waals surface area (Å²) in [5, 5.41) is 15.9. The molecular formula is C18H18F3N7. The van der Waals surface area contributed by atoms with Crippen molar-refractivity contribution in [1.82, 2.24) is 19.9 Å². The fraction of sp³-hybridized carbons (Fsp3) is 0.389. The van der Waals surface area contributed by atoms with Crippen LogP contribution in [0.4, 0.5) is 19.0 Å². The third-order valence-electron chi connectivity index (χ3n) is 4.46. The number of alkyl halides is 3. The largest absolute Gasteiger partial charge is 0.432 e. The highest BCUT2D eigenvalue weighted by Crippen LogP contribution is 2.25. The van der Waals surface area contributed by atoms with Gasteiger partial charge in [0.15, 0.2) is 0 Å². The van der Waals surface area contributed by atoms with Crippen molar-refractivity contribution in [1.29, 1.82) is 10.7 Å². The minimum Gasteiger partial charge on any atom is -0.356 e. The van der Waals surface area contributed by atoms with Crippen LogP contribution in [0, 0.1) is 22.7 Å². The summed E-state index contributed by atoms with van der Waals surface area (Å²) in [5.41, 5.74) is -0.357. The maximum Gasteiger partial charge on any atom is 0.432 e. The van der Waals surface area contributed by atoms with Gasteiger partial charge in [-0.3, -0.25) is 5.41 Å². The topological polar surface area (TPSA) is 105 Å². The Kier molecular flexibility index (Phi) is 5.73. The van der Waals surface area contributed by atoms with Gasteiger partial charge < -0.3 is 9.88 Å². The van der Waals surface area contributed by atoms with Crippen LogP contribution in [0.3, 0.4) is 0 Å². The molecule has 3 rings (SSSR count). The van der Waals surface area contributed by atoms with Crippen molar-refractivity contribution in [2.75, 3.05) is 18.0 Å². The highest BCUT2D eigenvalue weighted by atomic mass is 19.4. The van der Waals surface area contributed by atoms with Crippen LogP contribution in [0.1, 0.15) is 25.1 Å². The summed E-state index contributed by atoms with van der Waals surface area (Å²) in [4.78, 5) is 17.5. The molecule has 0 saturated carbocycles. The number of aromatic nitrogens is 4. The first kappa shape index (κ1) is 19.5. The van der Waals surface area contributed by atoms with Crippen LogP contribution in [-0.2, 0) is 0 Å². The molecule has 28 heavy (non-hydrogen) atoms. The van der Waals surface area contributed by atoms with Gasteiger partial charge in [0.05, 0.1) is 23.7 Å². The third-order valence-corrected chi connectivity index (χ3v) is 4.46. The second-order valence-electron chi connectivity index (χ2n) is 6.50. The van der Waals surface area contributed by atoms with E-state index in [0.717, 1.165) is 37.8 Å². The molecule has 1 fully saturated rings. The van der Waals surface area contributed by atoms with E-state index in [2.05, 4.69) is 30.9 Å². The normalized spacial score (nSPS) is 17.6. The summed E-state index contributed by atoms with van der Waals surface area (Å²) >= 11 is 0. The van der Waals surface area contributed by atoms with Gasteiger partial charge in [0, 0.05) is 25.6 Å². The maximum absolute atomic E-state index is 12.4. The molecule has 1 unspecified atom stereocenters. The molecule has 0 amide bonds. The van der Waals surface area contributed by atoms with Gasteiger partial charge in [0.2, 0.25) is 0 Å². The number of nitrogens with zero attached hydrogens (tertiary/aromatic N) is 5. The lowest BCUT2D eigenvalue weighted by Crippen LogP contribution is -2.35. The number of rotatable bonds is 5. The fourth-order valence-corrected chi connectivity index (χ4v) is 3.04. The number of allylic oxidation sites excluding steroid dienone is 1. The molecule has 0 radical (unpaired) electrons. The number of halogens is 3. The Morgan fingerprint density at radius 3 is 2.96 bits per heavy atom. The van der Waals surface area contributed by atoms with Crippen LogP contribution in [0.2, 0.25) is 0 Å². The Balaban J connectivity index is 1.74. The minimum absolute atomic E-state index is 0.191. The molecule has 1 aliphatic rings. The molecule has 1 atom stereocenters. The third kappa shape index (κ3) is 4.73. The summed E-state index contributed by atoms with van der Waals surface area (Å²) in [6.07, 6.45) is 2.46. The number of piperidine rings is 1. The average Bonchev–Trinajstić information content (AvgIpc) is 3.15. The van der Waals surface area contributed by atoms with Gasteiger partial charge in [-0.05, 0) is 30.9 Å². The van der Waals surface area contributed by atoms with Gasteiger partial charge in [0.25, 0.3) is 0 Å². The smallest absolute Gasteiger partial charge is 0.356 e. The molecule has 2 aromatic rings. The van der Waals surface area contributed by atoms with Crippen molar-refractivity contribution in [3.8, 4) is 17.5 Å². The highest BCUT2D eigenvalue weighted by molar-refractivity contribution is 5.99. The van der Waals surface area contributed by atoms with Gasteiger partial charge in [-0.15, -0.1) is 0 Å². The highest BCUT2D eigenvalue weighted by Gasteiger charge is 2.32. The summed E-state index contributed by atoms with van der Waals surface area (Å²) in [7, 11) is 0. The summed E-state index contributed by atoms with van der Waals surface area (Å²) in [6.45, 7) is 1.59. The van der Waals surface area contributed by atoms with Crippen molar-refractivity contribution < 1.29 is 13.2 Å². The van der Waals surface area contributed by atoms with E-state index in [1.807, 2.05) is 0 Å². The minimum atomic E-state index is -4.69. The number of imidazole rings is 1. The molecule has 0 aromatic carbocycles. The van der Waals surface area contributed by atoms with Gasteiger partial charge in [-0.25, -0.2) is 15.0 Å². The molecule has 10 heteroatoms. The predicted molar refractivity (Wildman–Crippen MR) is 97.6 cm³/mol. The molecule has 0 aliphatic carbocycles. The number of hydrogen-bond donors (Lipinski definition) is 2. The van der Waals surface area contributed by atoms with E-state index in [1.165, 1.54) is 12.5 Å². The van der Waals surface area contributed by atoms with Crippen LogP contribution in [0.15, 0.2) is 24.7 Å². The number of aromatic amines is 1. The molecule has 0 bridgehead atoms. The van der Waals surface area contributed by atoms with E-state index in [1.54, 1.807) is 6.07 Å². The number of H-pyrrole nitrogens is 1. The van der Waals surface area contributed by atoms with E-state index in [0.29, 0.717) is 29.8 Å². The van der Waals surface area contributed by atoms with Gasteiger partial charge >= 0.3 is 6.18 Å². The Morgan fingerprint density at radius 2 is 2.21 bits per heavy atom. The maximum atomic E-state index is 12.4. The molecule has 1 aliphatic heterocycles. The van der Waals surface area contributed by atoms with Crippen molar-refractivity contribution in [2.45, 2.75) is 25.4 Å². The molecule has 7 nitrogen and oxygen atoms in total. The zero-order chi connectivity index (χ0) is 20.1. The van der Waals surface area contributed by atoms with E-state index in [-0.39, 0.29) is 5.82 Å². The molecule has 0 spiro atoms. The van der Waals surface area contributed by atoms with E-state index >= 15 is 0 Å². The number of nitrogens with one attached hydrogen (secondary N) is 2. The van der Waals surface area contributed by atoms with Crippen LogP contribution < -0.4 is 4.90 Å². The van der Waals surface area contributed by atoms with Gasteiger partial charge in [-0.2, -0.15) is 18.4 Å². The van der Waals surface area contributed by atoms with Crippen LogP contribution in [0.25, 0.3) is 17.5 Å². The summed E-state index contributed by atoms with van der Waals surface area (Å²) in [5.74, 6) is 1.24. The fourth-order valence-electron chi connectivity index (χ4n) is 3.04. The van der Waals surface area contributed by atoms with Crippen LogP contribution >= 0.6 is 0 Å². The van der Waals surface area contributed by atoms with Gasteiger partial charge in [-0.1, -0.05) is 0 Å². The summed E-state index contributed by atoms with van der Waals surface area (Å²) < 4.78 is 37.1. The number of nitriles is 1. The van der Waals surface area contributed by atoms with Crippen molar-refractivity contribution in [3.05, 3.63) is 30.5 Å². The van der Waals surface area contributed by atoms with E-state index in [4.69, 9.17) is 10.7 Å². The Bertz CT molecular complexity index is 910. The Labute approximate surface area is 159 Å². The first-order valence-corrected chi connectivity index (χ1v) is 8.70. The van der Waals surface area contributed by atoms with Gasteiger partial charge in [0.1, 0.15) is 23.7 Å². The van der Waals surface area contributed by atoms with Crippen molar-refractivity contribution in [3.63, 3.8) is 0 Å². The lowest BCUT2D eigenvalue weighted by Gasteiger charge is -2.32. The van der Waals surface area contributed by atoms with Crippen LogP contribution in [-0.4, -0.2) is 44.9 Å². The zero-order valence-corrected chi connectivity index (χ0v) is 14.9. The quantitative estimate of drug-likeness (QED) is 0.760. The van der Waals surface area contributed by atoms with E-state index < -0.39 is 11.9 Å². The summed E-state index contributed by atoms with van der Waals surface area (Å²) in [6, 6.07) is 4.00. The second kappa shape index (κ2) is 8.21. The number of hydrogen-bond acceptors (Lipinski definition) is 6. The van der Waals surface area contributed by atoms with E-state index in [9.17, 15) is 13.2 Å². The number of anilines is 1. The molecule has 3 heterocycles. The lowest BCUT2D eigenvalue weighted by molar-refractivity contribution is -0.0583. The molecular weight excluding hydrogens is 371 g/mol.